The summed E-state index contributed by atoms with van der Waals surface area (Å²) in [5.41, 5.74) is 11.6. The number of aryl methyl sites for hydroxylation is 5. The van der Waals surface area contributed by atoms with Crippen molar-refractivity contribution < 1.29 is 4.74 Å². The molecule has 5 nitrogen and oxygen atoms in total. The summed E-state index contributed by atoms with van der Waals surface area (Å²) in [6, 6.07) is 6.79. The summed E-state index contributed by atoms with van der Waals surface area (Å²) in [4.78, 5) is 5.08. The summed E-state index contributed by atoms with van der Waals surface area (Å²) in [6.07, 6.45) is 0.216. The molecule has 0 radical (unpaired) electrons. The fourth-order valence-corrected chi connectivity index (χ4v) is 5.00. The van der Waals surface area contributed by atoms with Gasteiger partial charge in [0.15, 0.2) is 5.65 Å². The Kier molecular flexibility index (Phi) is 5.89. The largest absolute Gasteiger partial charge is 0.377 e. The number of benzene rings is 1. The van der Waals surface area contributed by atoms with Crippen molar-refractivity contribution in [1.82, 2.24) is 19.2 Å². The Labute approximate surface area is 191 Å². The molecule has 1 aromatic carbocycles. The molecule has 0 saturated carbocycles. The van der Waals surface area contributed by atoms with Crippen LogP contribution in [0.4, 0.5) is 0 Å². The van der Waals surface area contributed by atoms with Gasteiger partial charge < -0.3 is 9.30 Å². The highest BCUT2D eigenvalue weighted by Gasteiger charge is 2.23. The van der Waals surface area contributed by atoms with Crippen molar-refractivity contribution in [3.05, 3.63) is 52.0 Å². The lowest BCUT2D eigenvalue weighted by atomic mass is 9.94. The molecule has 0 N–H and O–H groups in total. The molecule has 0 aliphatic carbocycles. The van der Waals surface area contributed by atoms with Gasteiger partial charge in [-0.1, -0.05) is 31.5 Å². The summed E-state index contributed by atoms with van der Waals surface area (Å²) in [5.74, 6) is 0.397. The lowest BCUT2D eigenvalue weighted by Gasteiger charge is -2.15. The van der Waals surface area contributed by atoms with E-state index in [1.54, 1.807) is 0 Å². The predicted octanol–water partition coefficient (Wildman–Crippen LogP) is 6.44. The fraction of sp³-hybridized carbons (Fsp3) is 0.481. The van der Waals surface area contributed by atoms with Crippen LogP contribution in [0.25, 0.3) is 27.8 Å². The van der Waals surface area contributed by atoms with E-state index in [1.165, 1.54) is 27.9 Å². The Morgan fingerprint density at radius 1 is 0.875 bits per heavy atom. The van der Waals surface area contributed by atoms with Crippen LogP contribution in [0.2, 0.25) is 0 Å². The zero-order valence-electron chi connectivity index (χ0n) is 21.0. The van der Waals surface area contributed by atoms with Gasteiger partial charge in [0.2, 0.25) is 0 Å². The van der Waals surface area contributed by atoms with Gasteiger partial charge in [-0.3, -0.25) is 0 Å². The van der Waals surface area contributed by atoms with Gasteiger partial charge in [-0.05, 0) is 77.1 Å². The summed E-state index contributed by atoms with van der Waals surface area (Å²) >= 11 is 0. The van der Waals surface area contributed by atoms with Gasteiger partial charge in [-0.25, -0.2) is 4.98 Å². The second-order valence-electron chi connectivity index (χ2n) is 9.70. The SMILES string of the molecule is Cc1cc(C)c(-c2c(C)nn3c2nc(C)c2cc(C(C)C)n(CCOC(C)C)c23)c(C)c1. The summed E-state index contributed by atoms with van der Waals surface area (Å²) in [7, 11) is 0. The van der Waals surface area contributed by atoms with Crippen LogP contribution in [0.1, 0.15) is 67.4 Å². The maximum atomic E-state index is 5.92. The highest BCUT2D eigenvalue weighted by atomic mass is 16.5. The van der Waals surface area contributed by atoms with E-state index in [2.05, 4.69) is 89.6 Å². The minimum Gasteiger partial charge on any atom is -0.377 e. The van der Waals surface area contributed by atoms with E-state index in [4.69, 9.17) is 14.8 Å². The monoisotopic (exact) mass is 432 g/mol. The number of rotatable bonds is 6. The molecule has 0 spiro atoms. The highest BCUT2D eigenvalue weighted by Crippen LogP contribution is 2.36. The van der Waals surface area contributed by atoms with E-state index in [-0.39, 0.29) is 6.10 Å². The first-order valence-electron chi connectivity index (χ1n) is 11.7. The third kappa shape index (κ3) is 3.73. The Hall–Kier alpha value is -2.66. The van der Waals surface area contributed by atoms with Gasteiger partial charge in [0, 0.05) is 17.6 Å². The lowest BCUT2D eigenvalue weighted by molar-refractivity contribution is 0.0728. The Bertz CT molecular complexity index is 1280. The summed E-state index contributed by atoms with van der Waals surface area (Å²) in [5, 5.41) is 6.20. The third-order valence-electron chi connectivity index (χ3n) is 6.29. The van der Waals surface area contributed by atoms with Crippen molar-refractivity contribution in [2.24, 2.45) is 0 Å². The first-order chi connectivity index (χ1) is 15.1. The van der Waals surface area contributed by atoms with E-state index in [1.807, 2.05) is 0 Å². The molecule has 3 aromatic heterocycles. The smallest absolute Gasteiger partial charge is 0.165 e. The molecule has 3 heterocycles. The molecule has 170 valence electrons. The molecule has 0 unspecified atom stereocenters. The fourth-order valence-electron chi connectivity index (χ4n) is 5.00. The normalized spacial score (nSPS) is 12.2. The second-order valence-corrected chi connectivity index (χ2v) is 9.70. The van der Waals surface area contributed by atoms with E-state index in [9.17, 15) is 0 Å². The Balaban J connectivity index is 2.03. The van der Waals surface area contributed by atoms with Crippen molar-refractivity contribution in [2.75, 3.05) is 6.61 Å². The Morgan fingerprint density at radius 3 is 2.12 bits per heavy atom. The zero-order chi connectivity index (χ0) is 23.3. The van der Waals surface area contributed by atoms with Gasteiger partial charge in [0.25, 0.3) is 0 Å². The standard InChI is InChI=1S/C27H36N4O/c1-15(2)23-14-22-20(8)28-26-25(24-18(6)12-17(5)13-19(24)7)21(9)29-31(26)27(22)30(23)10-11-32-16(3)4/h12-16H,10-11H2,1-9H3. The van der Waals surface area contributed by atoms with E-state index < -0.39 is 0 Å². The molecule has 0 bridgehead atoms. The maximum absolute atomic E-state index is 5.92. The predicted molar refractivity (Wildman–Crippen MR) is 133 cm³/mol. The number of aromatic nitrogens is 4. The molecule has 0 amide bonds. The van der Waals surface area contributed by atoms with Crippen molar-refractivity contribution in [3.8, 4) is 11.1 Å². The van der Waals surface area contributed by atoms with Crippen LogP contribution in [0.5, 0.6) is 0 Å². The summed E-state index contributed by atoms with van der Waals surface area (Å²) in [6.45, 7) is 20.9. The van der Waals surface area contributed by atoms with Gasteiger partial charge in [0.05, 0.1) is 29.7 Å². The molecular weight excluding hydrogens is 396 g/mol. The molecule has 0 fully saturated rings. The highest BCUT2D eigenvalue weighted by molar-refractivity contribution is 5.90. The molecule has 0 aliphatic heterocycles. The van der Waals surface area contributed by atoms with Crippen molar-refractivity contribution >= 4 is 16.7 Å². The number of hydrogen-bond acceptors (Lipinski definition) is 3. The molecule has 0 saturated heterocycles. The van der Waals surface area contributed by atoms with E-state index in [0.29, 0.717) is 12.5 Å². The third-order valence-corrected chi connectivity index (χ3v) is 6.29. The first kappa shape index (κ1) is 22.5. The number of hydrogen-bond donors (Lipinski definition) is 0. The quantitative estimate of drug-likeness (QED) is 0.352. The lowest BCUT2D eigenvalue weighted by Crippen LogP contribution is -2.14. The van der Waals surface area contributed by atoms with Crippen LogP contribution in [0.3, 0.4) is 0 Å². The first-order valence-corrected chi connectivity index (χ1v) is 11.7. The van der Waals surface area contributed by atoms with Crippen LogP contribution in [0.15, 0.2) is 18.2 Å². The number of nitrogens with zero attached hydrogens (tertiary/aromatic N) is 4. The van der Waals surface area contributed by atoms with Gasteiger partial charge in [0.1, 0.15) is 5.65 Å². The molecule has 5 heteroatoms. The molecule has 0 aliphatic rings. The van der Waals surface area contributed by atoms with Gasteiger partial charge in [-0.2, -0.15) is 9.61 Å². The average molecular weight is 433 g/mol. The van der Waals surface area contributed by atoms with E-state index in [0.717, 1.165) is 40.2 Å². The average Bonchev–Trinajstić information content (AvgIpc) is 3.20. The Morgan fingerprint density at radius 2 is 1.53 bits per heavy atom. The van der Waals surface area contributed by atoms with Crippen LogP contribution < -0.4 is 0 Å². The van der Waals surface area contributed by atoms with Crippen LogP contribution in [0, 0.1) is 34.6 Å². The summed E-state index contributed by atoms with van der Waals surface area (Å²) < 4.78 is 10.4. The van der Waals surface area contributed by atoms with Crippen molar-refractivity contribution in [3.63, 3.8) is 0 Å². The van der Waals surface area contributed by atoms with E-state index >= 15 is 0 Å². The van der Waals surface area contributed by atoms with Gasteiger partial charge in [-0.15, -0.1) is 0 Å². The van der Waals surface area contributed by atoms with Crippen molar-refractivity contribution in [2.45, 2.75) is 80.9 Å². The molecule has 32 heavy (non-hydrogen) atoms. The van der Waals surface area contributed by atoms with Crippen LogP contribution >= 0.6 is 0 Å². The zero-order valence-corrected chi connectivity index (χ0v) is 21.0. The molecule has 0 atom stereocenters. The molecule has 4 aromatic rings. The van der Waals surface area contributed by atoms with Gasteiger partial charge >= 0.3 is 0 Å². The molecular formula is C27H36N4O. The second kappa shape index (κ2) is 8.36. The number of ether oxygens (including phenoxy) is 1. The minimum atomic E-state index is 0.216. The minimum absolute atomic E-state index is 0.216. The van der Waals surface area contributed by atoms with Crippen molar-refractivity contribution in [1.29, 1.82) is 0 Å². The van der Waals surface area contributed by atoms with Crippen LogP contribution in [-0.2, 0) is 11.3 Å². The number of fused-ring (bicyclic) bond motifs is 3. The topological polar surface area (TPSA) is 44.4 Å². The van der Waals surface area contributed by atoms with Crippen LogP contribution in [-0.4, -0.2) is 31.9 Å². The molecule has 4 rings (SSSR count). The maximum Gasteiger partial charge on any atom is 0.165 e.